The van der Waals surface area contributed by atoms with Crippen LogP contribution in [0.25, 0.3) is 0 Å². The molecule has 0 saturated carbocycles. The van der Waals surface area contributed by atoms with E-state index in [1.807, 2.05) is 6.07 Å². The molecule has 2 heteroatoms. The molecule has 0 unspecified atom stereocenters. The topological polar surface area (TPSA) is 12.0 Å². The summed E-state index contributed by atoms with van der Waals surface area (Å²) in [5.74, 6) is 0.781. The van der Waals surface area contributed by atoms with E-state index in [1.54, 1.807) is 0 Å². The normalized spacial score (nSPS) is 20.5. The van der Waals surface area contributed by atoms with Crippen LogP contribution in [0.2, 0.25) is 0 Å². The van der Waals surface area contributed by atoms with Gasteiger partial charge in [0.15, 0.2) is 0 Å². The number of nitrogens with one attached hydrogen (secondary N) is 1. The summed E-state index contributed by atoms with van der Waals surface area (Å²) in [5.41, 5.74) is 3.21. The molecule has 0 amide bonds. The molecule has 1 heterocycles. The summed E-state index contributed by atoms with van der Waals surface area (Å²) in [6.07, 6.45) is 6.46. The van der Waals surface area contributed by atoms with Gasteiger partial charge in [-0.05, 0) is 74.2 Å². The highest BCUT2D eigenvalue weighted by molar-refractivity contribution is 5.37. The highest BCUT2D eigenvalue weighted by Gasteiger charge is 2.20. The first kappa shape index (κ1) is 11.2. The van der Waals surface area contributed by atoms with E-state index < -0.39 is 0 Å². The van der Waals surface area contributed by atoms with Crippen molar-refractivity contribution in [2.75, 3.05) is 13.1 Å². The Morgan fingerprint density at radius 2 is 2.00 bits per heavy atom. The quantitative estimate of drug-likeness (QED) is 0.828. The summed E-state index contributed by atoms with van der Waals surface area (Å²) >= 11 is 0. The standard InChI is InChI=1S/C15H20FN/c16-15-13(10-11-6-8-17-9-7-11)5-4-12-2-1-3-14(12)15/h4-5,11,17H,1-3,6-10H2. The van der Waals surface area contributed by atoms with Crippen molar-refractivity contribution in [2.45, 2.75) is 38.5 Å². The van der Waals surface area contributed by atoms with Gasteiger partial charge in [-0.1, -0.05) is 12.1 Å². The molecule has 1 aliphatic heterocycles. The van der Waals surface area contributed by atoms with Gasteiger partial charge in [0.25, 0.3) is 0 Å². The Labute approximate surface area is 102 Å². The van der Waals surface area contributed by atoms with Crippen LogP contribution in [0.4, 0.5) is 4.39 Å². The Balaban J connectivity index is 1.78. The van der Waals surface area contributed by atoms with Crippen molar-refractivity contribution in [1.82, 2.24) is 5.32 Å². The van der Waals surface area contributed by atoms with Crippen LogP contribution in [0.3, 0.4) is 0 Å². The molecule has 1 fully saturated rings. The Bertz CT molecular complexity index is 408. The molecule has 1 aromatic rings. The fraction of sp³-hybridized carbons (Fsp3) is 0.600. The maximum absolute atomic E-state index is 14.3. The largest absolute Gasteiger partial charge is 0.317 e. The van der Waals surface area contributed by atoms with E-state index in [0.29, 0.717) is 5.92 Å². The molecule has 1 saturated heterocycles. The monoisotopic (exact) mass is 233 g/mol. The van der Waals surface area contributed by atoms with Gasteiger partial charge < -0.3 is 5.32 Å². The molecule has 92 valence electrons. The van der Waals surface area contributed by atoms with Gasteiger partial charge in [0.2, 0.25) is 0 Å². The zero-order valence-electron chi connectivity index (χ0n) is 10.3. The van der Waals surface area contributed by atoms with Gasteiger partial charge in [-0.15, -0.1) is 0 Å². The number of benzene rings is 1. The van der Waals surface area contributed by atoms with Crippen molar-refractivity contribution in [1.29, 1.82) is 0 Å². The number of piperidine rings is 1. The third-order valence-corrected chi connectivity index (χ3v) is 4.26. The molecule has 2 aliphatic rings. The first-order valence-electron chi connectivity index (χ1n) is 6.84. The summed E-state index contributed by atoms with van der Waals surface area (Å²) < 4.78 is 14.3. The van der Waals surface area contributed by atoms with Crippen LogP contribution in [-0.2, 0) is 19.3 Å². The number of fused-ring (bicyclic) bond motifs is 1. The van der Waals surface area contributed by atoms with Crippen LogP contribution in [-0.4, -0.2) is 13.1 Å². The summed E-state index contributed by atoms with van der Waals surface area (Å²) in [5, 5.41) is 3.36. The van der Waals surface area contributed by atoms with E-state index in [9.17, 15) is 4.39 Å². The van der Waals surface area contributed by atoms with Crippen LogP contribution in [0.15, 0.2) is 12.1 Å². The number of hydrogen-bond donors (Lipinski definition) is 1. The lowest BCUT2D eigenvalue weighted by Crippen LogP contribution is -2.28. The molecular weight excluding hydrogens is 213 g/mol. The molecule has 0 aromatic heterocycles. The minimum Gasteiger partial charge on any atom is -0.317 e. The Morgan fingerprint density at radius 1 is 1.18 bits per heavy atom. The molecule has 0 bridgehead atoms. The van der Waals surface area contributed by atoms with E-state index in [0.717, 1.165) is 49.9 Å². The maximum Gasteiger partial charge on any atom is 0.129 e. The first-order chi connectivity index (χ1) is 8.34. The number of halogens is 1. The van der Waals surface area contributed by atoms with Crippen molar-refractivity contribution in [3.8, 4) is 0 Å². The van der Waals surface area contributed by atoms with E-state index >= 15 is 0 Å². The zero-order valence-corrected chi connectivity index (χ0v) is 10.3. The Kier molecular flexibility index (Phi) is 3.15. The molecule has 1 aromatic carbocycles. The number of aryl methyl sites for hydroxylation is 1. The SMILES string of the molecule is Fc1c(CC2CCNCC2)ccc2c1CCC2. The van der Waals surface area contributed by atoms with Gasteiger partial charge in [0, 0.05) is 0 Å². The molecule has 1 nitrogen and oxygen atoms in total. The van der Waals surface area contributed by atoms with Crippen LogP contribution < -0.4 is 5.32 Å². The third kappa shape index (κ3) is 2.23. The molecule has 0 atom stereocenters. The Hall–Kier alpha value is -0.890. The summed E-state index contributed by atoms with van der Waals surface area (Å²) in [6, 6.07) is 4.18. The predicted octanol–water partition coefficient (Wildman–Crippen LogP) is 2.86. The second kappa shape index (κ2) is 4.77. The molecule has 17 heavy (non-hydrogen) atoms. The minimum absolute atomic E-state index is 0.110. The fourth-order valence-electron chi connectivity index (χ4n) is 3.22. The molecule has 1 N–H and O–H groups in total. The van der Waals surface area contributed by atoms with Crippen molar-refractivity contribution in [3.63, 3.8) is 0 Å². The van der Waals surface area contributed by atoms with Gasteiger partial charge in [-0.3, -0.25) is 0 Å². The Morgan fingerprint density at radius 3 is 2.82 bits per heavy atom. The van der Waals surface area contributed by atoms with Crippen LogP contribution in [0.1, 0.15) is 36.0 Å². The zero-order chi connectivity index (χ0) is 11.7. The first-order valence-corrected chi connectivity index (χ1v) is 6.84. The third-order valence-electron chi connectivity index (χ3n) is 4.26. The average Bonchev–Trinajstić information content (AvgIpc) is 2.83. The lowest BCUT2D eigenvalue weighted by atomic mass is 9.89. The van der Waals surface area contributed by atoms with E-state index in [4.69, 9.17) is 0 Å². The van der Waals surface area contributed by atoms with Crippen LogP contribution >= 0.6 is 0 Å². The van der Waals surface area contributed by atoms with E-state index in [1.165, 1.54) is 18.4 Å². The predicted molar refractivity (Wildman–Crippen MR) is 67.7 cm³/mol. The minimum atomic E-state index is 0.110. The van der Waals surface area contributed by atoms with Crippen LogP contribution in [0.5, 0.6) is 0 Å². The lowest BCUT2D eigenvalue weighted by molar-refractivity contribution is 0.368. The van der Waals surface area contributed by atoms with Crippen molar-refractivity contribution < 1.29 is 4.39 Å². The molecule has 3 rings (SSSR count). The number of hydrogen-bond acceptors (Lipinski definition) is 1. The van der Waals surface area contributed by atoms with Crippen molar-refractivity contribution in [3.05, 3.63) is 34.6 Å². The smallest absolute Gasteiger partial charge is 0.129 e. The van der Waals surface area contributed by atoms with Crippen molar-refractivity contribution >= 4 is 0 Å². The molecule has 0 radical (unpaired) electrons. The highest BCUT2D eigenvalue weighted by atomic mass is 19.1. The van der Waals surface area contributed by atoms with E-state index in [-0.39, 0.29) is 5.82 Å². The summed E-state index contributed by atoms with van der Waals surface area (Å²) in [7, 11) is 0. The summed E-state index contributed by atoms with van der Waals surface area (Å²) in [4.78, 5) is 0. The van der Waals surface area contributed by atoms with Gasteiger partial charge in [-0.25, -0.2) is 4.39 Å². The second-order valence-electron chi connectivity index (χ2n) is 5.43. The number of rotatable bonds is 2. The molecule has 1 aliphatic carbocycles. The van der Waals surface area contributed by atoms with Gasteiger partial charge >= 0.3 is 0 Å². The fourth-order valence-corrected chi connectivity index (χ4v) is 3.22. The van der Waals surface area contributed by atoms with Gasteiger partial charge in [-0.2, -0.15) is 0 Å². The molecular formula is C15H20FN. The van der Waals surface area contributed by atoms with Crippen molar-refractivity contribution in [2.24, 2.45) is 5.92 Å². The maximum atomic E-state index is 14.3. The summed E-state index contributed by atoms with van der Waals surface area (Å²) in [6.45, 7) is 2.19. The van der Waals surface area contributed by atoms with E-state index in [2.05, 4.69) is 11.4 Å². The van der Waals surface area contributed by atoms with Crippen LogP contribution in [0, 0.1) is 11.7 Å². The molecule has 0 spiro atoms. The highest BCUT2D eigenvalue weighted by Crippen LogP contribution is 2.29. The lowest BCUT2D eigenvalue weighted by Gasteiger charge is -2.23. The average molecular weight is 233 g/mol. The second-order valence-corrected chi connectivity index (χ2v) is 5.43. The van der Waals surface area contributed by atoms with Gasteiger partial charge in [0.1, 0.15) is 5.82 Å². The van der Waals surface area contributed by atoms with Gasteiger partial charge in [0.05, 0.1) is 0 Å².